The van der Waals surface area contributed by atoms with Gasteiger partial charge in [0.25, 0.3) is 0 Å². The Bertz CT molecular complexity index is 957. The number of amides is 1. The first-order valence-electron chi connectivity index (χ1n) is 7.57. The number of para-hydroxylation sites is 1. The number of phenolic OH excluding ortho intramolecular Hbond substituents is 1. The minimum atomic E-state index is -0.578. The van der Waals surface area contributed by atoms with Crippen molar-refractivity contribution in [2.24, 2.45) is 0 Å². The Kier molecular flexibility index (Phi) is 4.35. The second kappa shape index (κ2) is 6.60. The van der Waals surface area contributed by atoms with Crippen LogP contribution in [-0.4, -0.2) is 16.0 Å². The highest BCUT2D eigenvalue weighted by atomic mass is 19.1. The van der Waals surface area contributed by atoms with Gasteiger partial charge >= 0.3 is 0 Å². The Morgan fingerprint density at radius 2 is 1.80 bits per heavy atom. The Morgan fingerprint density at radius 1 is 1.12 bits per heavy atom. The molecule has 0 saturated heterocycles. The topological polar surface area (TPSA) is 88.2 Å². The molecule has 0 unspecified atom stereocenters. The summed E-state index contributed by atoms with van der Waals surface area (Å²) in [4.78, 5) is 15.0. The molecular formula is C19H16FN3O2. The Hall–Kier alpha value is -3.41. The van der Waals surface area contributed by atoms with Crippen LogP contribution in [0.3, 0.4) is 0 Å². The summed E-state index contributed by atoms with van der Waals surface area (Å²) in [6.07, 6.45) is 1.55. The first-order valence-corrected chi connectivity index (χ1v) is 7.57. The van der Waals surface area contributed by atoms with Crippen molar-refractivity contribution < 1.29 is 14.3 Å². The number of hydrogen-bond acceptors (Lipinski definition) is 4. The number of nitrogens with two attached hydrogens (primary N) is 1. The summed E-state index contributed by atoms with van der Waals surface area (Å²) in [6.45, 7) is 1.31. The Morgan fingerprint density at radius 3 is 2.40 bits per heavy atom. The number of nitrogens with zero attached hydrogens (tertiary/aromatic N) is 1. The molecule has 0 bridgehead atoms. The fourth-order valence-corrected chi connectivity index (χ4v) is 2.60. The molecule has 0 fully saturated rings. The van der Waals surface area contributed by atoms with Crippen molar-refractivity contribution in [2.45, 2.75) is 6.92 Å². The van der Waals surface area contributed by atoms with E-state index in [-0.39, 0.29) is 17.3 Å². The number of halogens is 1. The lowest BCUT2D eigenvalue weighted by Gasteiger charge is -2.12. The van der Waals surface area contributed by atoms with Gasteiger partial charge in [-0.05, 0) is 35.4 Å². The van der Waals surface area contributed by atoms with Gasteiger partial charge in [0.05, 0.1) is 5.69 Å². The van der Waals surface area contributed by atoms with Gasteiger partial charge in [-0.25, -0.2) is 9.37 Å². The van der Waals surface area contributed by atoms with Crippen LogP contribution in [0.5, 0.6) is 5.75 Å². The average molecular weight is 337 g/mol. The van der Waals surface area contributed by atoms with Gasteiger partial charge in [-0.2, -0.15) is 0 Å². The van der Waals surface area contributed by atoms with Gasteiger partial charge in [-0.3, -0.25) is 4.79 Å². The van der Waals surface area contributed by atoms with E-state index in [9.17, 15) is 14.3 Å². The highest BCUT2D eigenvalue weighted by Gasteiger charge is 2.13. The number of benzene rings is 2. The van der Waals surface area contributed by atoms with Crippen LogP contribution in [0.2, 0.25) is 0 Å². The third-order valence-corrected chi connectivity index (χ3v) is 3.72. The molecule has 25 heavy (non-hydrogen) atoms. The van der Waals surface area contributed by atoms with Crippen molar-refractivity contribution in [2.75, 3.05) is 11.1 Å². The summed E-state index contributed by atoms with van der Waals surface area (Å²) in [5.74, 6) is -0.579. The highest BCUT2D eigenvalue weighted by Crippen LogP contribution is 2.38. The molecule has 0 spiro atoms. The quantitative estimate of drug-likeness (QED) is 0.678. The number of rotatable bonds is 3. The molecular weight excluding hydrogens is 321 g/mol. The third-order valence-electron chi connectivity index (χ3n) is 3.72. The summed E-state index contributed by atoms with van der Waals surface area (Å²) in [6, 6.07) is 12.9. The number of pyridine rings is 1. The summed E-state index contributed by atoms with van der Waals surface area (Å²) in [5.41, 5.74) is 8.03. The average Bonchev–Trinajstić information content (AvgIpc) is 2.56. The predicted octanol–water partition coefficient (Wildman–Crippen LogP) is 3.80. The fourth-order valence-electron chi connectivity index (χ4n) is 2.60. The fraction of sp³-hybridized carbons (Fsp3) is 0.0526. The van der Waals surface area contributed by atoms with Gasteiger partial charge in [0.1, 0.15) is 17.4 Å². The molecule has 3 rings (SSSR count). The maximum Gasteiger partial charge on any atom is 0.221 e. The molecule has 3 aromatic rings. The second-order valence-corrected chi connectivity index (χ2v) is 5.55. The van der Waals surface area contributed by atoms with Gasteiger partial charge in [0, 0.05) is 24.2 Å². The van der Waals surface area contributed by atoms with E-state index >= 15 is 0 Å². The molecule has 2 aromatic carbocycles. The molecule has 1 aromatic heterocycles. The maximum absolute atomic E-state index is 14.2. The van der Waals surface area contributed by atoms with Crippen LogP contribution in [0.25, 0.3) is 22.3 Å². The Balaban J connectivity index is 2.05. The van der Waals surface area contributed by atoms with Crippen LogP contribution in [0.4, 0.5) is 15.9 Å². The van der Waals surface area contributed by atoms with Crippen molar-refractivity contribution >= 4 is 17.4 Å². The molecule has 6 heteroatoms. The van der Waals surface area contributed by atoms with E-state index in [0.29, 0.717) is 28.1 Å². The largest absolute Gasteiger partial charge is 0.507 e. The van der Waals surface area contributed by atoms with Crippen molar-refractivity contribution in [1.29, 1.82) is 0 Å². The number of carbonyl (C=O) groups excluding carboxylic acids is 1. The number of aromatic hydroxyl groups is 1. The number of aromatic nitrogens is 1. The lowest BCUT2D eigenvalue weighted by atomic mass is 9.97. The van der Waals surface area contributed by atoms with E-state index < -0.39 is 5.82 Å². The van der Waals surface area contributed by atoms with Gasteiger partial charge in [0.2, 0.25) is 5.91 Å². The number of nitrogen functional groups attached to an aromatic ring is 1. The number of phenols is 1. The zero-order valence-corrected chi connectivity index (χ0v) is 13.5. The molecule has 0 saturated carbocycles. The monoisotopic (exact) mass is 337 g/mol. The van der Waals surface area contributed by atoms with E-state index in [1.807, 2.05) is 0 Å². The molecule has 1 amide bonds. The maximum atomic E-state index is 14.2. The lowest BCUT2D eigenvalue weighted by Crippen LogP contribution is -2.07. The van der Waals surface area contributed by atoms with Crippen molar-refractivity contribution in [1.82, 2.24) is 4.98 Å². The summed E-state index contributed by atoms with van der Waals surface area (Å²) < 4.78 is 14.2. The van der Waals surface area contributed by atoms with E-state index in [4.69, 9.17) is 5.73 Å². The molecule has 0 atom stereocenters. The molecule has 5 nitrogen and oxygen atoms in total. The molecule has 0 radical (unpaired) electrons. The molecule has 0 aliphatic carbocycles. The van der Waals surface area contributed by atoms with Crippen molar-refractivity contribution in [3.63, 3.8) is 0 Å². The second-order valence-electron chi connectivity index (χ2n) is 5.55. The van der Waals surface area contributed by atoms with Gasteiger partial charge in [0.15, 0.2) is 0 Å². The molecule has 1 heterocycles. The van der Waals surface area contributed by atoms with E-state index in [1.54, 1.807) is 42.6 Å². The van der Waals surface area contributed by atoms with E-state index in [0.717, 1.165) is 0 Å². The van der Waals surface area contributed by atoms with Crippen LogP contribution < -0.4 is 11.1 Å². The summed E-state index contributed by atoms with van der Waals surface area (Å²) in [7, 11) is 0. The van der Waals surface area contributed by atoms with Crippen LogP contribution >= 0.6 is 0 Å². The minimum absolute atomic E-state index is 0.0137. The smallest absolute Gasteiger partial charge is 0.221 e. The summed E-state index contributed by atoms with van der Waals surface area (Å²) >= 11 is 0. The number of hydrogen-bond donors (Lipinski definition) is 3. The predicted molar refractivity (Wildman–Crippen MR) is 95.4 cm³/mol. The lowest BCUT2D eigenvalue weighted by molar-refractivity contribution is -0.114. The van der Waals surface area contributed by atoms with Crippen LogP contribution in [0.1, 0.15) is 6.92 Å². The van der Waals surface area contributed by atoms with Gasteiger partial charge in [-0.15, -0.1) is 0 Å². The normalized spacial score (nSPS) is 10.5. The SMILES string of the molecule is CC(=O)Nc1ccc(-c2cccc(-c3ccnc(N)c3)c2O)cc1F. The molecule has 4 N–H and O–H groups in total. The van der Waals surface area contributed by atoms with Crippen molar-refractivity contribution in [3.05, 3.63) is 60.5 Å². The Labute approximate surface area is 144 Å². The van der Waals surface area contributed by atoms with Crippen LogP contribution in [0, 0.1) is 5.82 Å². The van der Waals surface area contributed by atoms with Gasteiger partial charge in [-0.1, -0.05) is 24.3 Å². The molecule has 0 aliphatic heterocycles. The standard InChI is InChI=1S/C19H16FN3O2/c1-11(24)23-17-6-5-12(9-16(17)20)14-3-2-4-15(19(14)25)13-7-8-22-18(21)10-13/h2-10,25H,1H3,(H2,21,22)(H,23,24). The zero-order valence-electron chi connectivity index (χ0n) is 13.5. The van der Waals surface area contributed by atoms with E-state index in [2.05, 4.69) is 10.3 Å². The number of nitrogens with one attached hydrogen (secondary N) is 1. The van der Waals surface area contributed by atoms with Gasteiger partial charge < -0.3 is 16.2 Å². The van der Waals surface area contributed by atoms with Crippen molar-refractivity contribution in [3.8, 4) is 28.0 Å². The minimum Gasteiger partial charge on any atom is -0.507 e. The summed E-state index contributed by atoms with van der Waals surface area (Å²) in [5, 5.41) is 13.1. The third kappa shape index (κ3) is 3.42. The number of anilines is 2. The highest BCUT2D eigenvalue weighted by molar-refractivity contribution is 5.89. The zero-order chi connectivity index (χ0) is 18.0. The van der Waals surface area contributed by atoms with E-state index in [1.165, 1.54) is 19.1 Å². The number of carbonyl (C=O) groups is 1. The van der Waals surface area contributed by atoms with Crippen LogP contribution in [-0.2, 0) is 4.79 Å². The molecule has 0 aliphatic rings. The first-order chi connectivity index (χ1) is 12.0. The first kappa shape index (κ1) is 16.4. The molecule has 126 valence electrons. The van der Waals surface area contributed by atoms with Crippen LogP contribution in [0.15, 0.2) is 54.7 Å².